The van der Waals surface area contributed by atoms with Crippen molar-refractivity contribution in [3.63, 3.8) is 0 Å². The van der Waals surface area contributed by atoms with Gasteiger partial charge in [0.15, 0.2) is 0 Å². The fraction of sp³-hybridized carbons (Fsp3) is 0.120. The standard InChI is InChI=1S/C25H22FN3OS/c1-16-12-13-27-22(14-16)28-23(19-10-6-7-11-21(19)26)20-15-17(2)31-25(20)29-24(30)18-8-4-3-5-9-18/h3-15,23H,1-2H3,(H,27,28)(H,29,30)/t23-/m1/s1. The van der Waals surface area contributed by atoms with Crippen molar-refractivity contribution in [2.45, 2.75) is 19.9 Å². The third-order valence-electron chi connectivity index (χ3n) is 4.88. The molecule has 4 rings (SSSR count). The number of halogens is 1. The number of hydrogen-bond acceptors (Lipinski definition) is 4. The summed E-state index contributed by atoms with van der Waals surface area (Å²) in [6.07, 6.45) is 1.72. The van der Waals surface area contributed by atoms with Crippen molar-refractivity contribution in [2.75, 3.05) is 10.6 Å². The summed E-state index contributed by atoms with van der Waals surface area (Å²) < 4.78 is 14.8. The normalized spacial score (nSPS) is 11.7. The van der Waals surface area contributed by atoms with Gasteiger partial charge in [-0.25, -0.2) is 9.37 Å². The minimum absolute atomic E-state index is 0.204. The van der Waals surface area contributed by atoms with Gasteiger partial charge in [0, 0.05) is 27.8 Å². The highest BCUT2D eigenvalue weighted by molar-refractivity contribution is 7.16. The number of benzene rings is 2. The van der Waals surface area contributed by atoms with Crippen molar-refractivity contribution in [3.8, 4) is 0 Å². The van der Waals surface area contributed by atoms with Crippen LogP contribution in [0.2, 0.25) is 0 Å². The number of aromatic nitrogens is 1. The lowest BCUT2D eigenvalue weighted by Crippen LogP contribution is -2.18. The largest absolute Gasteiger partial charge is 0.359 e. The number of anilines is 2. The van der Waals surface area contributed by atoms with Gasteiger partial charge in [0.2, 0.25) is 0 Å². The lowest BCUT2D eigenvalue weighted by molar-refractivity contribution is 0.102. The molecular formula is C25H22FN3OS. The van der Waals surface area contributed by atoms with Gasteiger partial charge in [-0.3, -0.25) is 4.79 Å². The van der Waals surface area contributed by atoms with Crippen LogP contribution in [0.1, 0.15) is 38.0 Å². The van der Waals surface area contributed by atoms with Crippen molar-refractivity contribution in [1.82, 2.24) is 4.98 Å². The van der Waals surface area contributed by atoms with Gasteiger partial charge in [-0.05, 0) is 55.8 Å². The van der Waals surface area contributed by atoms with E-state index in [0.717, 1.165) is 16.0 Å². The Bertz CT molecular complexity index is 1210. The van der Waals surface area contributed by atoms with E-state index >= 15 is 0 Å². The van der Waals surface area contributed by atoms with E-state index in [1.807, 2.05) is 50.2 Å². The summed E-state index contributed by atoms with van der Waals surface area (Å²) in [7, 11) is 0. The van der Waals surface area contributed by atoms with E-state index < -0.39 is 6.04 Å². The Morgan fingerprint density at radius 1 is 0.968 bits per heavy atom. The topological polar surface area (TPSA) is 54.0 Å². The molecule has 0 saturated carbocycles. The molecule has 156 valence electrons. The fourth-order valence-corrected chi connectivity index (χ4v) is 4.35. The number of aryl methyl sites for hydroxylation is 2. The molecule has 0 aliphatic carbocycles. The Balaban J connectivity index is 1.75. The van der Waals surface area contributed by atoms with E-state index in [-0.39, 0.29) is 11.7 Å². The third-order valence-corrected chi connectivity index (χ3v) is 5.86. The Morgan fingerprint density at radius 3 is 2.45 bits per heavy atom. The zero-order valence-corrected chi connectivity index (χ0v) is 18.0. The number of carbonyl (C=O) groups is 1. The Hall–Kier alpha value is -3.51. The summed E-state index contributed by atoms with van der Waals surface area (Å²) in [5, 5.41) is 7.06. The molecule has 4 nitrogen and oxygen atoms in total. The average molecular weight is 432 g/mol. The first-order chi connectivity index (χ1) is 15.0. The van der Waals surface area contributed by atoms with Gasteiger partial charge in [0.05, 0.1) is 6.04 Å². The minimum Gasteiger partial charge on any atom is -0.359 e. The van der Waals surface area contributed by atoms with E-state index in [0.29, 0.717) is 21.9 Å². The number of pyridine rings is 1. The first-order valence-electron chi connectivity index (χ1n) is 9.91. The molecule has 31 heavy (non-hydrogen) atoms. The molecule has 0 saturated heterocycles. The summed E-state index contributed by atoms with van der Waals surface area (Å²) in [5.41, 5.74) is 2.89. The molecule has 6 heteroatoms. The third kappa shape index (κ3) is 4.81. The average Bonchev–Trinajstić information content (AvgIpc) is 3.13. The molecule has 2 aromatic heterocycles. The van der Waals surface area contributed by atoms with Crippen LogP contribution in [0.4, 0.5) is 15.2 Å². The predicted octanol–water partition coefficient (Wildman–Crippen LogP) is 6.35. The molecule has 0 bridgehead atoms. The number of amides is 1. The lowest BCUT2D eigenvalue weighted by atomic mass is 9.99. The molecule has 1 atom stereocenters. The maximum absolute atomic E-state index is 14.8. The summed E-state index contributed by atoms with van der Waals surface area (Å²) in [4.78, 5) is 18.2. The lowest BCUT2D eigenvalue weighted by Gasteiger charge is -2.21. The van der Waals surface area contributed by atoms with Crippen LogP contribution in [0, 0.1) is 19.7 Å². The zero-order valence-electron chi connectivity index (χ0n) is 17.2. The Labute approximate surface area is 184 Å². The molecule has 2 aromatic carbocycles. The second kappa shape index (κ2) is 9.10. The molecular weight excluding hydrogens is 409 g/mol. The maximum atomic E-state index is 14.8. The molecule has 0 radical (unpaired) electrons. The maximum Gasteiger partial charge on any atom is 0.256 e. The van der Waals surface area contributed by atoms with Gasteiger partial charge in [0.1, 0.15) is 16.6 Å². The van der Waals surface area contributed by atoms with Crippen LogP contribution in [-0.2, 0) is 0 Å². The summed E-state index contributed by atoms with van der Waals surface area (Å²) in [6, 6.07) is 21.0. The molecule has 0 fully saturated rings. The van der Waals surface area contributed by atoms with E-state index in [1.54, 1.807) is 36.5 Å². The highest BCUT2D eigenvalue weighted by Gasteiger charge is 2.24. The van der Waals surface area contributed by atoms with Crippen LogP contribution in [0.3, 0.4) is 0 Å². The molecule has 0 aliphatic heterocycles. The number of carbonyl (C=O) groups excluding carboxylic acids is 1. The van der Waals surface area contributed by atoms with E-state index in [4.69, 9.17) is 0 Å². The predicted molar refractivity (Wildman–Crippen MR) is 124 cm³/mol. The van der Waals surface area contributed by atoms with Crippen LogP contribution < -0.4 is 10.6 Å². The second-order valence-electron chi connectivity index (χ2n) is 7.28. The van der Waals surface area contributed by atoms with Gasteiger partial charge in [-0.2, -0.15) is 0 Å². The number of rotatable bonds is 6. The Kier molecular flexibility index (Phi) is 6.09. The van der Waals surface area contributed by atoms with Crippen LogP contribution in [-0.4, -0.2) is 10.9 Å². The smallest absolute Gasteiger partial charge is 0.256 e. The van der Waals surface area contributed by atoms with Crippen LogP contribution in [0.5, 0.6) is 0 Å². The van der Waals surface area contributed by atoms with Gasteiger partial charge in [-0.15, -0.1) is 11.3 Å². The number of nitrogens with zero attached hydrogens (tertiary/aromatic N) is 1. The SMILES string of the molecule is Cc1ccnc(N[C@H](c2ccccc2F)c2cc(C)sc2NC(=O)c2ccccc2)c1. The van der Waals surface area contributed by atoms with Gasteiger partial charge >= 0.3 is 0 Å². The summed E-state index contributed by atoms with van der Waals surface area (Å²) in [5.74, 6) is 0.110. The Morgan fingerprint density at radius 2 is 1.71 bits per heavy atom. The molecule has 0 spiro atoms. The zero-order chi connectivity index (χ0) is 21.8. The van der Waals surface area contributed by atoms with Crippen molar-refractivity contribution in [1.29, 1.82) is 0 Å². The minimum atomic E-state index is -0.522. The van der Waals surface area contributed by atoms with Crippen molar-refractivity contribution in [2.24, 2.45) is 0 Å². The highest BCUT2D eigenvalue weighted by atomic mass is 32.1. The van der Waals surface area contributed by atoms with E-state index in [9.17, 15) is 9.18 Å². The number of thiophene rings is 1. The first kappa shape index (κ1) is 20.8. The van der Waals surface area contributed by atoms with Crippen molar-refractivity contribution in [3.05, 3.63) is 112 Å². The van der Waals surface area contributed by atoms with Crippen LogP contribution in [0.25, 0.3) is 0 Å². The summed E-state index contributed by atoms with van der Waals surface area (Å²) in [6.45, 7) is 3.95. The highest BCUT2D eigenvalue weighted by Crippen LogP contribution is 2.38. The van der Waals surface area contributed by atoms with E-state index in [1.165, 1.54) is 17.4 Å². The molecule has 2 heterocycles. The second-order valence-corrected chi connectivity index (χ2v) is 8.54. The molecule has 0 aliphatic rings. The molecule has 0 unspecified atom stereocenters. The van der Waals surface area contributed by atoms with Crippen molar-refractivity contribution < 1.29 is 9.18 Å². The fourth-order valence-electron chi connectivity index (χ4n) is 3.41. The first-order valence-corrected chi connectivity index (χ1v) is 10.7. The van der Waals surface area contributed by atoms with Gasteiger partial charge in [0.25, 0.3) is 5.91 Å². The molecule has 1 amide bonds. The molecule has 2 N–H and O–H groups in total. The quantitative estimate of drug-likeness (QED) is 0.374. The van der Waals surface area contributed by atoms with Crippen molar-refractivity contribution >= 4 is 28.1 Å². The van der Waals surface area contributed by atoms with Crippen LogP contribution in [0.15, 0.2) is 79.0 Å². The van der Waals surface area contributed by atoms with E-state index in [2.05, 4.69) is 15.6 Å². The van der Waals surface area contributed by atoms with Gasteiger partial charge < -0.3 is 10.6 Å². The molecule has 4 aromatic rings. The van der Waals surface area contributed by atoms with Crippen LogP contribution >= 0.6 is 11.3 Å². The summed E-state index contributed by atoms with van der Waals surface area (Å²) >= 11 is 1.47. The number of hydrogen-bond donors (Lipinski definition) is 2. The number of nitrogens with one attached hydrogen (secondary N) is 2. The van der Waals surface area contributed by atoms with Gasteiger partial charge in [-0.1, -0.05) is 36.4 Å². The monoisotopic (exact) mass is 431 g/mol.